The monoisotopic (exact) mass is 264 g/mol. The summed E-state index contributed by atoms with van der Waals surface area (Å²) < 4.78 is 0. The molecule has 1 saturated heterocycles. The molecule has 0 spiro atoms. The van der Waals surface area contributed by atoms with Crippen molar-refractivity contribution < 1.29 is 5.11 Å². The molecule has 2 atom stereocenters. The maximum absolute atomic E-state index is 9.45. The van der Waals surface area contributed by atoms with Gasteiger partial charge in [-0.15, -0.1) is 0 Å². The van der Waals surface area contributed by atoms with Crippen LogP contribution in [0.4, 0.5) is 11.8 Å². The first kappa shape index (κ1) is 14.1. The van der Waals surface area contributed by atoms with Crippen molar-refractivity contribution in [1.29, 1.82) is 0 Å². The molecule has 0 saturated carbocycles. The quantitative estimate of drug-likeness (QED) is 0.868. The normalized spacial score (nSPS) is 23.5. The van der Waals surface area contributed by atoms with Crippen LogP contribution in [0.2, 0.25) is 0 Å². The van der Waals surface area contributed by atoms with E-state index in [2.05, 4.69) is 27.1 Å². The fourth-order valence-electron chi connectivity index (χ4n) is 2.73. The summed E-state index contributed by atoms with van der Waals surface area (Å²) in [5, 5.41) is 12.6. The van der Waals surface area contributed by atoms with Gasteiger partial charge in [0, 0.05) is 43.4 Å². The van der Waals surface area contributed by atoms with Crippen molar-refractivity contribution in [3.8, 4) is 0 Å². The van der Waals surface area contributed by atoms with Crippen LogP contribution in [0.1, 0.15) is 32.4 Å². The Bertz CT molecular complexity index is 424. The van der Waals surface area contributed by atoms with Crippen LogP contribution in [0.25, 0.3) is 0 Å². The van der Waals surface area contributed by atoms with Crippen LogP contribution in [0, 0.1) is 12.8 Å². The van der Waals surface area contributed by atoms with E-state index in [1.165, 1.54) is 0 Å². The lowest BCUT2D eigenvalue weighted by Gasteiger charge is -2.39. The van der Waals surface area contributed by atoms with Gasteiger partial charge in [0.2, 0.25) is 5.95 Å². The average molecular weight is 264 g/mol. The first-order valence-electron chi connectivity index (χ1n) is 7.12. The predicted molar refractivity (Wildman–Crippen MR) is 77.6 cm³/mol. The predicted octanol–water partition coefficient (Wildman–Crippen LogP) is 1.81. The van der Waals surface area contributed by atoms with Crippen LogP contribution >= 0.6 is 0 Å². The van der Waals surface area contributed by atoms with Crippen molar-refractivity contribution >= 4 is 11.8 Å². The molecule has 2 unspecified atom stereocenters. The number of nitrogens with one attached hydrogen (secondary N) is 1. The second-order valence-corrected chi connectivity index (χ2v) is 5.24. The molecule has 0 bridgehead atoms. The third-order valence-corrected chi connectivity index (χ3v) is 3.85. The molecular formula is C14H24N4O. The van der Waals surface area contributed by atoms with Crippen LogP contribution in [0.5, 0.6) is 0 Å². The number of aliphatic hydroxyl groups is 1. The fraction of sp³-hybridized carbons (Fsp3) is 0.714. The van der Waals surface area contributed by atoms with E-state index in [-0.39, 0.29) is 6.61 Å². The van der Waals surface area contributed by atoms with E-state index in [1.807, 2.05) is 19.9 Å². The molecule has 19 heavy (non-hydrogen) atoms. The molecule has 0 radical (unpaired) electrons. The highest BCUT2D eigenvalue weighted by molar-refractivity contribution is 5.46. The van der Waals surface area contributed by atoms with Gasteiger partial charge in [-0.3, -0.25) is 0 Å². The summed E-state index contributed by atoms with van der Waals surface area (Å²) in [7, 11) is 0. The molecule has 2 rings (SSSR count). The van der Waals surface area contributed by atoms with Gasteiger partial charge in [0.05, 0.1) is 0 Å². The minimum Gasteiger partial charge on any atom is -0.396 e. The Morgan fingerprint density at radius 1 is 1.47 bits per heavy atom. The number of nitrogens with zero attached hydrogens (tertiary/aromatic N) is 3. The maximum atomic E-state index is 9.45. The van der Waals surface area contributed by atoms with E-state index >= 15 is 0 Å². The van der Waals surface area contributed by atoms with E-state index in [0.717, 1.165) is 37.4 Å². The molecule has 1 aromatic rings. The number of rotatable bonds is 4. The van der Waals surface area contributed by atoms with Crippen molar-refractivity contribution in [1.82, 2.24) is 9.97 Å². The van der Waals surface area contributed by atoms with E-state index < -0.39 is 0 Å². The molecule has 1 aliphatic rings. The third-order valence-electron chi connectivity index (χ3n) is 3.85. The Labute approximate surface area is 115 Å². The van der Waals surface area contributed by atoms with Crippen molar-refractivity contribution in [2.75, 3.05) is 29.9 Å². The SMILES string of the molecule is CCNc1nc(C)cc(N2CCCC(CO)C2C)n1. The van der Waals surface area contributed by atoms with E-state index in [9.17, 15) is 5.11 Å². The average Bonchev–Trinajstić information content (AvgIpc) is 2.38. The highest BCUT2D eigenvalue weighted by atomic mass is 16.3. The lowest BCUT2D eigenvalue weighted by atomic mass is 9.91. The van der Waals surface area contributed by atoms with Crippen molar-refractivity contribution in [2.24, 2.45) is 5.92 Å². The van der Waals surface area contributed by atoms with Crippen LogP contribution in [0.3, 0.4) is 0 Å². The second kappa shape index (κ2) is 6.19. The molecule has 5 heteroatoms. The summed E-state index contributed by atoms with van der Waals surface area (Å²) in [5.74, 6) is 2.00. The lowest BCUT2D eigenvalue weighted by molar-refractivity contribution is 0.181. The molecule has 106 valence electrons. The molecule has 1 aromatic heterocycles. The highest BCUT2D eigenvalue weighted by Gasteiger charge is 2.28. The van der Waals surface area contributed by atoms with E-state index in [4.69, 9.17) is 0 Å². The molecule has 1 aliphatic heterocycles. The Morgan fingerprint density at radius 2 is 2.26 bits per heavy atom. The number of piperidine rings is 1. The number of hydrogen-bond donors (Lipinski definition) is 2. The van der Waals surface area contributed by atoms with Gasteiger partial charge in [-0.2, -0.15) is 4.98 Å². The molecule has 5 nitrogen and oxygen atoms in total. The molecule has 0 aromatic carbocycles. The summed E-state index contributed by atoms with van der Waals surface area (Å²) in [5.41, 5.74) is 0.972. The summed E-state index contributed by atoms with van der Waals surface area (Å²) >= 11 is 0. The number of aryl methyl sites for hydroxylation is 1. The minimum atomic E-state index is 0.252. The first-order chi connectivity index (χ1) is 9.15. The fourth-order valence-corrected chi connectivity index (χ4v) is 2.73. The largest absolute Gasteiger partial charge is 0.396 e. The third kappa shape index (κ3) is 3.15. The molecular weight excluding hydrogens is 240 g/mol. The number of hydrogen-bond acceptors (Lipinski definition) is 5. The van der Waals surface area contributed by atoms with Gasteiger partial charge in [0.15, 0.2) is 0 Å². The summed E-state index contributed by atoms with van der Waals surface area (Å²) in [6.45, 7) is 8.27. The van der Waals surface area contributed by atoms with Crippen LogP contribution in [-0.4, -0.2) is 40.8 Å². The van der Waals surface area contributed by atoms with Crippen LogP contribution in [-0.2, 0) is 0 Å². The van der Waals surface area contributed by atoms with Crippen LogP contribution in [0.15, 0.2) is 6.07 Å². The standard InChI is InChI=1S/C14H24N4O/c1-4-15-14-16-10(2)8-13(17-14)18-7-5-6-12(9-19)11(18)3/h8,11-12,19H,4-7,9H2,1-3H3,(H,15,16,17). The van der Waals surface area contributed by atoms with E-state index in [0.29, 0.717) is 17.9 Å². The molecule has 2 N–H and O–H groups in total. The molecule has 2 heterocycles. The summed E-state index contributed by atoms with van der Waals surface area (Å²) in [6, 6.07) is 2.35. The van der Waals surface area contributed by atoms with Gasteiger partial charge in [-0.1, -0.05) is 0 Å². The zero-order chi connectivity index (χ0) is 13.8. The van der Waals surface area contributed by atoms with E-state index in [1.54, 1.807) is 0 Å². The Hall–Kier alpha value is -1.36. The maximum Gasteiger partial charge on any atom is 0.224 e. The minimum absolute atomic E-state index is 0.252. The zero-order valence-corrected chi connectivity index (χ0v) is 12.1. The van der Waals surface area contributed by atoms with Crippen LogP contribution < -0.4 is 10.2 Å². The van der Waals surface area contributed by atoms with Crippen molar-refractivity contribution in [2.45, 2.75) is 39.7 Å². The summed E-state index contributed by atoms with van der Waals surface area (Å²) in [4.78, 5) is 11.3. The Morgan fingerprint density at radius 3 is 2.95 bits per heavy atom. The smallest absolute Gasteiger partial charge is 0.224 e. The topological polar surface area (TPSA) is 61.3 Å². The molecule has 0 aliphatic carbocycles. The number of anilines is 2. The molecule has 0 amide bonds. The first-order valence-corrected chi connectivity index (χ1v) is 7.12. The zero-order valence-electron chi connectivity index (χ0n) is 12.1. The van der Waals surface area contributed by atoms with Gasteiger partial charge in [-0.25, -0.2) is 4.98 Å². The van der Waals surface area contributed by atoms with Gasteiger partial charge in [-0.05, 0) is 33.6 Å². The molecule has 1 fully saturated rings. The number of aromatic nitrogens is 2. The van der Waals surface area contributed by atoms with Crippen molar-refractivity contribution in [3.05, 3.63) is 11.8 Å². The lowest BCUT2D eigenvalue weighted by Crippen LogP contribution is -2.45. The second-order valence-electron chi connectivity index (χ2n) is 5.24. The van der Waals surface area contributed by atoms with Gasteiger partial charge in [0.1, 0.15) is 5.82 Å². The Kier molecular flexibility index (Phi) is 4.58. The summed E-state index contributed by atoms with van der Waals surface area (Å²) in [6.07, 6.45) is 2.20. The number of aliphatic hydroxyl groups excluding tert-OH is 1. The van der Waals surface area contributed by atoms with Gasteiger partial charge >= 0.3 is 0 Å². The van der Waals surface area contributed by atoms with Gasteiger partial charge < -0.3 is 15.3 Å². The van der Waals surface area contributed by atoms with Crippen molar-refractivity contribution in [3.63, 3.8) is 0 Å². The highest BCUT2D eigenvalue weighted by Crippen LogP contribution is 2.28. The Balaban J connectivity index is 2.24. The van der Waals surface area contributed by atoms with Gasteiger partial charge in [0.25, 0.3) is 0 Å².